The lowest BCUT2D eigenvalue weighted by Gasteiger charge is -2.46. The van der Waals surface area contributed by atoms with E-state index in [0.717, 1.165) is 37.7 Å². The highest BCUT2D eigenvalue weighted by Gasteiger charge is 2.56. The lowest BCUT2D eigenvalue weighted by Crippen LogP contribution is -2.57. The van der Waals surface area contributed by atoms with Crippen molar-refractivity contribution < 1.29 is 28.5 Å². The highest BCUT2D eigenvalue weighted by Crippen LogP contribution is 2.59. The third-order valence-corrected chi connectivity index (χ3v) is 10.2. The number of alkyl halides is 3. The molecule has 4 rings (SSSR count). The average Bonchev–Trinajstić information content (AvgIpc) is 3.16. The van der Waals surface area contributed by atoms with Gasteiger partial charge in [-0.05, 0) is 92.2 Å². The topological polar surface area (TPSA) is 63.9 Å². The lowest BCUT2D eigenvalue weighted by atomic mass is 9.61. The van der Waals surface area contributed by atoms with Crippen LogP contribution in [-0.2, 0) is 0 Å². The predicted molar refractivity (Wildman–Crippen MR) is 135 cm³/mol. The van der Waals surface area contributed by atoms with E-state index in [0.29, 0.717) is 43.3 Å². The van der Waals surface area contributed by atoms with Crippen molar-refractivity contribution in [1.82, 2.24) is 4.90 Å². The normalized spacial score (nSPS) is 43.7. The Morgan fingerprint density at radius 2 is 1.89 bits per heavy atom. The summed E-state index contributed by atoms with van der Waals surface area (Å²) in [4.78, 5) is 1.83. The van der Waals surface area contributed by atoms with E-state index in [4.69, 9.17) is 0 Å². The van der Waals surface area contributed by atoms with Crippen molar-refractivity contribution in [3.8, 4) is 0 Å². The number of aliphatic hydroxyl groups is 3. The highest BCUT2D eigenvalue weighted by molar-refractivity contribution is 5.39. The molecule has 4 nitrogen and oxygen atoms in total. The van der Waals surface area contributed by atoms with Gasteiger partial charge in [-0.2, -0.15) is 13.2 Å². The standard InChI is InChI=1S/C29H44F3NO3/c1-18(16-33-14-6-13-28(36,17-33)29(30,31)32)23-10-11-24-21(7-5-12-27(23,24)4)8-9-22-15-25(34)20(3)26(35)19(22)2/h8-9,18,20,23-26,34-36H,2,5-7,10-17H2,1,3-4H3/b21-8+,22-9-/t18-,20+,23-,24+,25-,26-,27-,28?/m1/s1. The number of nitrogens with zero attached hydrogens (tertiary/aromatic N) is 1. The molecule has 204 valence electrons. The van der Waals surface area contributed by atoms with E-state index in [2.05, 4.69) is 26.5 Å². The van der Waals surface area contributed by atoms with Crippen molar-refractivity contribution in [1.29, 1.82) is 0 Å². The van der Waals surface area contributed by atoms with Gasteiger partial charge < -0.3 is 15.3 Å². The number of allylic oxidation sites excluding steroid dienone is 3. The summed E-state index contributed by atoms with van der Waals surface area (Å²) in [7, 11) is 0. The van der Waals surface area contributed by atoms with E-state index < -0.39 is 24.0 Å². The maximum Gasteiger partial charge on any atom is 0.418 e. The van der Waals surface area contributed by atoms with Crippen LogP contribution in [0.3, 0.4) is 0 Å². The Hall–Kier alpha value is -1.15. The minimum absolute atomic E-state index is 0.106. The number of hydrogen-bond acceptors (Lipinski definition) is 4. The maximum absolute atomic E-state index is 13.4. The van der Waals surface area contributed by atoms with Crippen LogP contribution in [0.4, 0.5) is 13.2 Å². The molecule has 1 aliphatic heterocycles. The lowest BCUT2D eigenvalue weighted by molar-refractivity contribution is -0.274. The smallest absolute Gasteiger partial charge is 0.392 e. The molecule has 1 heterocycles. The number of halogens is 3. The quantitative estimate of drug-likeness (QED) is 0.473. The molecule has 3 aliphatic carbocycles. The number of piperidine rings is 1. The number of fused-ring (bicyclic) bond motifs is 1. The second-order valence-electron chi connectivity index (χ2n) is 12.5. The monoisotopic (exact) mass is 511 g/mol. The van der Waals surface area contributed by atoms with Gasteiger partial charge in [0.05, 0.1) is 12.2 Å². The molecule has 3 N–H and O–H groups in total. The second-order valence-corrected chi connectivity index (χ2v) is 12.5. The molecule has 8 atom stereocenters. The van der Waals surface area contributed by atoms with Crippen LogP contribution in [0.25, 0.3) is 0 Å². The van der Waals surface area contributed by atoms with E-state index in [-0.39, 0.29) is 30.2 Å². The highest BCUT2D eigenvalue weighted by atomic mass is 19.4. The van der Waals surface area contributed by atoms with E-state index >= 15 is 0 Å². The molecule has 4 fully saturated rings. The molecule has 0 aromatic heterocycles. The van der Waals surface area contributed by atoms with Crippen molar-refractivity contribution in [2.45, 2.75) is 96.1 Å². The summed E-state index contributed by atoms with van der Waals surface area (Å²) in [6.45, 7) is 11.3. The molecule has 1 saturated heterocycles. The van der Waals surface area contributed by atoms with Crippen LogP contribution in [0.15, 0.2) is 35.5 Å². The van der Waals surface area contributed by atoms with Gasteiger partial charge in [-0.25, -0.2) is 0 Å². The summed E-state index contributed by atoms with van der Waals surface area (Å²) in [5.74, 6) is 0.895. The van der Waals surface area contributed by atoms with Crippen molar-refractivity contribution in [2.24, 2.45) is 29.1 Å². The van der Waals surface area contributed by atoms with Crippen LogP contribution < -0.4 is 0 Å². The van der Waals surface area contributed by atoms with Crippen molar-refractivity contribution in [3.05, 3.63) is 35.5 Å². The van der Waals surface area contributed by atoms with Gasteiger partial charge in [0.2, 0.25) is 0 Å². The summed E-state index contributed by atoms with van der Waals surface area (Å²) in [6, 6.07) is 0. The van der Waals surface area contributed by atoms with Crippen LogP contribution in [0.2, 0.25) is 0 Å². The SMILES string of the molecule is C=C1/C(=C\C=C2/CCC[C@]3(C)[C@@H]([C@H](C)CN4CCCC(O)(C(F)(F)F)C4)CC[C@@H]23)C[C@@H](O)[C@H](C)[C@@H]1O. The van der Waals surface area contributed by atoms with Crippen LogP contribution in [0, 0.1) is 29.1 Å². The first kappa shape index (κ1) is 27.9. The zero-order chi connectivity index (χ0) is 26.5. The minimum atomic E-state index is -4.59. The van der Waals surface area contributed by atoms with Crippen LogP contribution in [0.5, 0.6) is 0 Å². The summed E-state index contributed by atoms with van der Waals surface area (Å²) < 4.78 is 40.3. The van der Waals surface area contributed by atoms with Gasteiger partial charge in [-0.3, -0.25) is 4.90 Å². The summed E-state index contributed by atoms with van der Waals surface area (Å²) in [6.07, 6.45) is 4.38. The Labute approximate surface area is 214 Å². The Bertz CT molecular complexity index is 899. The van der Waals surface area contributed by atoms with Crippen molar-refractivity contribution in [3.63, 3.8) is 0 Å². The summed E-state index contributed by atoms with van der Waals surface area (Å²) >= 11 is 0. The van der Waals surface area contributed by atoms with Gasteiger partial charge in [0.15, 0.2) is 5.60 Å². The third-order valence-electron chi connectivity index (χ3n) is 10.2. The van der Waals surface area contributed by atoms with Crippen molar-refractivity contribution >= 4 is 0 Å². The molecule has 1 unspecified atom stereocenters. The van der Waals surface area contributed by atoms with Gasteiger partial charge >= 0.3 is 6.18 Å². The number of aliphatic hydroxyl groups excluding tert-OH is 2. The fourth-order valence-corrected chi connectivity index (χ4v) is 7.90. The largest absolute Gasteiger partial charge is 0.418 e. The Morgan fingerprint density at radius 1 is 1.17 bits per heavy atom. The van der Waals surface area contributed by atoms with E-state index in [1.165, 1.54) is 5.57 Å². The van der Waals surface area contributed by atoms with Crippen LogP contribution in [-0.4, -0.2) is 63.8 Å². The number of rotatable bonds is 4. The molecule has 3 saturated carbocycles. The zero-order valence-electron chi connectivity index (χ0n) is 22.0. The first-order valence-electron chi connectivity index (χ1n) is 13.7. The molecule has 0 bridgehead atoms. The van der Waals surface area contributed by atoms with E-state index in [1.807, 2.05) is 17.9 Å². The molecule has 0 amide bonds. The molecule has 0 spiro atoms. The maximum atomic E-state index is 13.4. The molecule has 0 aromatic carbocycles. The molecule has 0 radical (unpaired) electrons. The number of likely N-dealkylation sites (tertiary alicyclic amines) is 1. The number of hydrogen-bond donors (Lipinski definition) is 3. The van der Waals surface area contributed by atoms with Crippen LogP contribution >= 0.6 is 0 Å². The molecule has 4 aliphatic rings. The summed E-state index contributed by atoms with van der Waals surface area (Å²) in [5.41, 5.74) is 0.531. The Balaban J connectivity index is 1.46. The number of β-amino-alcohol motifs (C(OH)–C–C–N with tert-alkyl or cyclic N) is 1. The molecule has 36 heavy (non-hydrogen) atoms. The van der Waals surface area contributed by atoms with E-state index in [9.17, 15) is 28.5 Å². The van der Waals surface area contributed by atoms with Gasteiger partial charge in [0.1, 0.15) is 0 Å². The van der Waals surface area contributed by atoms with Gasteiger partial charge in [0.25, 0.3) is 0 Å². The van der Waals surface area contributed by atoms with Gasteiger partial charge in [-0.15, -0.1) is 0 Å². The molecule has 7 heteroatoms. The summed E-state index contributed by atoms with van der Waals surface area (Å²) in [5, 5.41) is 31.0. The first-order chi connectivity index (χ1) is 16.8. The second kappa shape index (κ2) is 10.2. The first-order valence-corrected chi connectivity index (χ1v) is 13.7. The fourth-order valence-electron chi connectivity index (χ4n) is 7.90. The predicted octanol–water partition coefficient (Wildman–Crippen LogP) is 5.40. The molecular formula is C29H44F3NO3. The van der Waals surface area contributed by atoms with Crippen molar-refractivity contribution in [2.75, 3.05) is 19.6 Å². The molecule has 0 aromatic rings. The van der Waals surface area contributed by atoms with Gasteiger partial charge in [0, 0.05) is 19.0 Å². The van der Waals surface area contributed by atoms with Gasteiger partial charge in [-0.1, -0.05) is 45.1 Å². The Morgan fingerprint density at radius 3 is 2.58 bits per heavy atom. The Kier molecular flexibility index (Phi) is 7.90. The zero-order valence-corrected chi connectivity index (χ0v) is 22.0. The third kappa shape index (κ3) is 5.10. The average molecular weight is 512 g/mol. The minimum Gasteiger partial charge on any atom is -0.392 e. The fraction of sp³-hybridized carbons (Fsp3) is 0.793. The van der Waals surface area contributed by atoms with E-state index in [1.54, 1.807) is 0 Å². The van der Waals surface area contributed by atoms with Crippen LogP contribution in [0.1, 0.15) is 72.1 Å². The molecular weight excluding hydrogens is 467 g/mol.